The summed E-state index contributed by atoms with van der Waals surface area (Å²) < 4.78 is 5.41. The molecule has 0 aromatic heterocycles. The molecular formula is C27H24NP. The maximum absolute atomic E-state index is 5.41. The lowest BCUT2D eigenvalue weighted by Crippen LogP contribution is -2.25. The molecular weight excluding hydrogens is 369 g/mol. The van der Waals surface area contributed by atoms with Gasteiger partial charge in [0, 0.05) is 15.9 Å². The summed E-state index contributed by atoms with van der Waals surface area (Å²) in [6.07, 6.45) is 4.32. The number of rotatable bonds is 6. The lowest BCUT2D eigenvalue weighted by atomic mass is 10.2. The number of benzene rings is 4. The van der Waals surface area contributed by atoms with E-state index in [1.165, 1.54) is 21.5 Å². The fourth-order valence-electron chi connectivity index (χ4n) is 3.55. The summed E-state index contributed by atoms with van der Waals surface area (Å²) in [6.45, 7) is 0.668. The topological polar surface area (TPSA) is 12.4 Å². The first kappa shape index (κ1) is 19.2. The fourth-order valence-corrected chi connectivity index (χ4v) is 7.08. The van der Waals surface area contributed by atoms with Gasteiger partial charge in [-0.25, -0.2) is 0 Å². The third-order valence-electron chi connectivity index (χ3n) is 4.90. The smallest absolute Gasteiger partial charge is 0.0570 e. The third-order valence-corrected chi connectivity index (χ3v) is 8.62. The Morgan fingerprint density at radius 2 is 0.897 bits per heavy atom. The predicted octanol–water partition coefficient (Wildman–Crippen LogP) is 5.88. The van der Waals surface area contributed by atoms with E-state index in [9.17, 15) is 0 Å². The van der Waals surface area contributed by atoms with Crippen LogP contribution in [0.15, 0.2) is 132 Å². The van der Waals surface area contributed by atoms with Crippen LogP contribution in [0, 0.1) is 0 Å². The van der Waals surface area contributed by atoms with Gasteiger partial charge < -0.3 is 0 Å². The van der Waals surface area contributed by atoms with Crippen LogP contribution in [0.25, 0.3) is 6.08 Å². The van der Waals surface area contributed by atoms with Gasteiger partial charge in [-0.05, 0) is 5.56 Å². The molecule has 0 saturated heterocycles. The predicted molar refractivity (Wildman–Crippen MR) is 128 cm³/mol. The Bertz CT molecular complexity index is 999. The quantitative estimate of drug-likeness (QED) is 0.363. The Hall–Kier alpha value is -3.15. The zero-order valence-electron chi connectivity index (χ0n) is 16.3. The van der Waals surface area contributed by atoms with Gasteiger partial charge in [0.15, 0.2) is 0 Å². The molecule has 142 valence electrons. The highest BCUT2D eigenvalue weighted by Crippen LogP contribution is 2.46. The molecule has 4 rings (SSSR count). The molecule has 0 aliphatic heterocycles. The molecule has 0 unspecified atom stereocenters. The molecule has 1 nitrogen and oxygen atoms in total. The maximum atomic E-state index is 5.41. The molecule has 0 spiro atoms. The summed E-state index contributed by atoms with van der Waals surface area (Å²) in [5.41, 5.74) is 1.20. The van der Waals surface area contributed by atoms with Crippen LogP contribution < -0.4 is 15.9 Å². The maximum Gasteiger partial charge on any atom is 0.0570 e. The Balaban J connectivity index is 1.87. The highest BCUT2D eigenvalue weighted by atomic mass is 31.2. The summed E-state index contributed by atoms with van der Waals surface area (Å²) in [7, 11) is -2.10. The van der Waals surface area contributed by atoms with E-state index >= 15 is 0 Å². The Labute approximate surface area is 173 Å². The van der Waals surface area contributed by atoms with Crippen molar-refractivity contribution >= 4 is 29.0 Å². The number of hydrogen-bond acceptors (Lipinski definition) is 1. The zero-order chi connectivity index (χ0) is 19.8. The molecule has 0 radical (unpaired) electrons. The van der Waals surface area contributed by atoms with Crippen LogP contribution in [0.3, 0.4) is 0 Å². The largest absolute Gasteiger partial charge is 0.286 e. The number of nitrogens with zero attached hydrogens (tertiary/aromatic N) is 1. The molecule has 29 heavy (non-hydrogen) atoms. The molecule has 4 aromatic carbocycles. The van der Waals surface area contributed by atoms with E-state index in [0.29, 0.717) is 6.54 Å². The monoisotopic (exact) mass is 393 g/mol. The summed E-state index contributed by atoms with van der Waals surface area (Å²) >= 11 is 0. The minimum atomic E-state index is -2.10. The van der Waals surface area contributed by atoms with Gasteiger partial charge in [0.05, 0.1) is 13.6 Å². The molecule has 0 atom stereocenters. The molecule has 0 amide bonds. The van der Waals surface area contributed by atoms with Crippen LogP contribution in [0.2, 0.25) is 0 Å². The zero-order valence-corrected chi connectivity index (χ0v) is 17.2. The van der Waals surface area contributed by atoms with Crippen molar-refractivity contribution in [1.29, 1.82) is 0 Å². The lowest BCUT2D eigenvalue weighted by molar-refractivity contribution is 1.28. The van der Waals surface area contributed by atoms with Crippen LogP contribution in [0.1, 0.15) is 5.56 Å². The summed E-state index contributed by atoms with van der Waals surface area (Å²) in [4.78, 5) is 0. The highest BCUT2D eigenvalue weighted by Gasteiger charge is 2.26. The van der Waals surface area contributed by atoms with Crippen molar-refractivity contribution in [2.75, 3.05) is 6.54 Å². The van der Waals surface area contributed by atoms with Crippen molar-refractivity contribution in [2.45, 2.75) is 0 Å². The van der Waals surface area contributed by atoms with Gasteiger partial charge in [-0.1, -0.05) is 133 Å². The fraction of sp³-hybridized carbons (Fsp3) is 0.0370. The Morgan fingerprint density at radius 3 is 1.31 bits per heavy atom. The summed E-state index contributed by atoms with van der Waals surface area (Å²) in [6, 6.07) is 42.6. The van der Waals surface area contributed by atoms with Crippen LogP contribution in [0.4, 0.5) is 0 Å². The first-order chi connectivity index (χ1) is 14.4. The molecule has 4 aromatic rings. The minimum absolute atomic E-state index is 0.668. The number of hydrogen-bond donors (Lipinski definition) is 0. The van der Waals surface area contributed by atoms with Gasteiger partial charge in [-0.3, -0.25) is 4.74 Å². The summed E-state index contributed by atoms with van der Waals surface area (Å²) in [5.74, 6) is 0. The van der Waals surface area contributed by atoms with Gasteiger partial charge in [0.25, 0.3) is 0 Å². The van der Waals surface area contributed by atoms with Gasteiger partial charge in [-0.2, -0.15) is 0 Å². The van der Waals surface area contributed by atoms with Crippen molar-refractivity contribution in [2.24, 2.45) is 4.74 Å². The van der Waals surface area contributed by atoms with Crippen LogP contribution in [-0.2, 0) is 0 Å². The molecule has 0 N–H and O–H groups in total. The molecule has 0 bridgehead atoms. The van der Waals surface area contributed by atoms with Crippen molar-refractivity contribution in [3.8, 4) is 0 Å². The van der Waals surface area contributed by atoms with E-state index < -0.39 is 7.05 Å². The first-order valence-electron chi connectivity index (χ1n) is 9.86. The van der Waals surface area contributed by atoms with E-state index in [4.69, 9.17) is 4.74 Å². The standard InChI is InChI=1S/C27H24NP/c1-5-14-24(15-6-1)16-13-23-28-29(25-17-7-2-8-18-25,26-19-9-3-10-20-26)27-21-11-4-12-22-27/h1-22H,23H2/b16-13+. The van der Waals surface area contributed by atoms with Crippen molar-refractivity contribution in [3.63, 3.8) is 0 Å². The van der Waals surface area contributed by atoms with E-state index in [-0.39, 0.29) is 0 Å². The van der Waals surface area contributed by atoms with E-state index in [0.717, 1.165) is 0 Å². The average Bonchev–Trinajstić information content (AvgIpc) is 2.82. The second kappa shape index (κ2) is 9.37. The van der Waals surface area contributed by atoms with E-state index in [2.05, 4.69) is 127 Å². The molecule has 0 aliphatic rings. The van der Waals surface area contributed by atoms with E-state index in [1.807, 2.05) is 6.07 Å². The van der Waals surface area contributed by atoms with E-state index in [1.54, 1.807) is 0 Å². The van der Waals surface area contributed by atoms with Gasteiger partial charge in [0.1, 0.15) is 0 Å². The van der Waals surface area contributed by atoms with Crippen molar-refractivity contribution in [1.82, 2.24) is 0 Å². The van der Waals surface area contributed by atoms with Crippen LogP contribution in [0.5, 0.6) is 0 Å². The Morgan fingerprint density at radius 1 is 0.517 bits per heavy atom. The molecule has 0 heterocycles. The van der Waals surface area contributed by atoms with Gasteiger partial charge in [-0.15, -0.1) is 0 Å². The van der Waals surface area contributed by atoms with Crippen molar-refractivity contribution in [3.05, 3.63) is 133 Å². The van der Waals surface area contributed by atoms with Gasteiger partial charge in [0.2, 0.25) is 0 Å². The molecule has 0 aliphatic carbocycles. The highest BCUT2D eigenvalue weighted by molar-refractivity contribution is 7.87. The van der Waals surface area contributed by atoms with Crippen molar-refractivity contribution < 1.29 is 0 Å². The third kappa shape index (κ3) is 4.31. The van der Waals surface area contributed by atoms with Crippen LogP contribution >= 0.6 is 7.05 Å². The lowest BCUT2D eigenvalue weighted by Gasteiger charge is -2.26. The summed E-state index contributed by atoms with van der Waals surface area (Å²) in [5, 5.41) is 3.85. The molecule has 2 heteroatoms. The SMILES string of the molecule is C(=C\c1ccccc1)/CN=P(c1ccccc1)(c1ccccc1)c1ccccc1. The first-order valence-corrected chi connectivity index (χ1v) is 11.6. The van der Waals surface area contributed by atoms with Crippen LogP contribution in [-0.4, -0.2) is 6.54 Å². The normalized spacial score (nSPS) is 11.4. The Kier molecular flexibility index (Phi) is 6.19. The molecule has 0 saturated carbocycles. The minimum Gasteiger partial charge on any atom is -0.286 e. The second-order valence-corrected chi connectivity index (χ2v) is 9.88. The second-order valence-electron chi connectivity index (χ2n) is 6.78. The average molecular weight is 393 g/mol. The van der Waals surface area contributed by atoms with Gasteiger partial charge >= 0.3 is 0 Å². The molecule has 0 fully saturated rings.